The molecule has 0 saturated carbocycles. The number of esters is 2. The monoisotopic (exact) mass is 378 g/mol. The number of carbonyl (C=O) groups is 2. The van der Waals surface area contributed by atoms with Gasteiger partial charge in [0.05, 0.1) is 24.2 Å². The average Bonchev–Trinajstić information content (AvgIpc) is 3.14. The molecule has 10 heteroatoms. The van der Waals surface area contributed by atoms with Crippen molar-refractivity contribution in [1.82, 2.24) is 0 Å². The first kappa shape index (κ1) is 19.9. The minimum atomic E-state index is -0.766. The highest BCUT2D eigenvalue weighted by atomic mass is 16.6. The number of methoxy groups -OCH3 is 2. The van der Waals surface area contributed by atoms with Crippen molar-refractivity contribution in [2.45, 2.75) is 6.61 Å². The number of anilines is 1. The van der Waals surface area contributed by atoms with Crippen molar-refractivity contribution in [3.05, 3.63) is 57.5 Å². The fraction of sp³-hybridized carbons (Fsp3) is 0.294. The maximum absolute atomic E-state index is 12.1. The summed E-state index contributed by atoms with van der Waals surface area (Å²) in [6.07, 6.45) is 0. The van der Waals surface area contributed by atoms with Crippen LogP contribution in [0, 0.1) is 10.1 Å². The standard InChI is InChI=1S/C17H18N2O8/c1-24-8-7-18-13-5-3-11(9-14(13)19(22)23)16(20)26-10-12-4-6-15(27-12)17(21)25-2/h3-6,9,18H,7-8,10H2,1-2H3. The summed E-state index contributed by atoms with van der Waals surface area (Å²) in [7, 11) is 2.73. The Hall–Kier alpha value is -3.40. The van der Waals surface area contributed by atoms with Crippen LogP contribution in [0.3, 0.4) is 0 Å². The SMILES string of the molecule is COCCNc1ccc(C(=O)OCc2ccc(C(=O)OC)o2)cc1[N+](=O)[O-]. The van der Waals surface area contributed by atoms with Gasteiger partial charge in [-0.2, -0.15) is 0 Å². The molecule has 144 valence electrons. The molecular weight excluding hydrogens is 360 g/mol. The van der Waals surface area contributed by atoms with Gasteiger partial charge in [0.1, 0.15) is 18.1 Å². The van der Waals surface area contributed by atoms with Gasteiger partial charge in [0.2, 0.25) is 5.76 Å². The van der Waals surface area contributed by atoms with Crippen molar-refractivity contribution >= 4 is 23.3 Å². The van der Waals surface area contributed by atoms with Gasteiger partial charge in [0.25, 0.3) is 5.69 Å². The van der Waals surface area contributed by atoms with Crippen LogP contribution in [0.5, 0.6) is 0 Å². The fourth-order valence-electron chi connectivity index (χ4n) is 2.13. The quantitative estimate of drug-likeness (QED) is 0.302. The van der Waals surface area contributed by atoms with Crippen LogP contribution >= 0.6 is 0 Å². The number of benzene rings is 1. The van der Waals surface area contributed by atoms with Crippen LogP contribution in [0.4, 0.5) is 11.4 Å². The van der Waals surface area contributed by atoms with E-state index >= 15 is 0 Å². The number of hydrogen-bond donors (Lipinski definition) is 1. The highest BCUT2D eigenvalue weighted by molar-refractivity contribution is 5.91. The summed E-state index contributed by atoms with van der Waals surface area (Å²) in [5.41, 5.74) is 0.0209. The molecule has 0 atom stereocenters. The highest BCUT2D eigenvalue weighted by Gasteiger charge is 2.19. The van der Waals surface area contributed by atoms with Gasteiger partial charge in [-0.15, -0.1) is 0 Å². The molecule has 0 aliphatic carbocycles. The molecule has 0 amide bonds. The predicted octanol–water partition coefficient (Wildman–Crippen LogP) is 2.39. The van der Waals surface area contributed by atoms with Crippen molar-refractivity contribution in [2.24, 2.45) is 0 Å². The molecule has 2 rings (SSSR count). The van der Waals surface area contributed by atoms with E-state index in [0.29, 0.717) is 13.2 Å². The zero-order chi connectivity index (χ0) is 19.8. The zero-order valence-electron chi connectivity index (χ0n) is 14.7. The molecule has 0 aliphatic rings. The number of ether oxygens (including phenoxy) is 3. The molecule has 0 bridgehead atoms. The number of nitrogens with zero attached hydrogens (tertiary/aromatic N) is 1. The van der Waals surface area contributed by atoms with E-state index in [1.807, 2.05) is 0 Å². The first-order valence-electron chi connectivity index (χ1n) is 7.81. The van der Waals surface area contributed by atoms with E-state index in [0.717, 1.165) is 6.07 Å². The van der Waals surface area contributed by atoms with Crippen molar-refractivity contribution in [1.29, 1.82) is 0 Å². The van der Waals surface area contributed by atoms with Gasteiger partial charge in [-0.1, -0.05) is 0 Å². The Kier molecular flexibility index (Phi) is 6.89. The minimum absolute atomic E-state index is 0.0127. The molecule has 1 aromatic heterocycles. The lowest BCUT2D eigenvalue weighted by molar-refractivity contribution is -0.384. The van der Waals surface area contributed by atoms with E-state index < -0.39 is 16.9 Å². The molecule has 1 heterocycles. The van der Waals surface area contributed by atoms with Gasteiger partial charge in [0, 0.05) is 19.7 Å². The summed E-state index contributed by atoms with van der Waals surface area (Å²) in [6, 6.07) is 6.81. The number of carbonyl (C=O) groups excluding carboxylic acids is 2. The Morgan fingerprint density at radius 1 is 1.19 bits per heavy atom. The molecule has 0 aliphatic heterocycles. The summed E-state index contributed by atoms with van der Waals surface area (Å²) < 4.78 is 19.6. The number of rotatable bonds is 9. The van der Waals surface area contributed by atoms with Crippen LogP contribution in [0.1, 0.15) is 26.7 Å². The summed E-state index contributed by atoms with van der Waals surface area (Å²) >= 11 is 0. The van der Waals surface area contributed by atoms with Crippen molar-refractivity contribution < 1.29 is 33.1 Å². The number of hydrogen-bond acceptors (Lipinski definition) is 9. The van der Waals surface area contributed by atoms with E-state index in [4.69, 9.17) is 13.9 Å². The van der Waals surface area contributed by atoms with Crippen LogP contribution in [-0.2, 0) is 20.8 Å². The van der Waals surface area contributed by atoms with E-state index in [2.05, 4.69) is 10.1 Å². The molecule has 0 radical (unpaired) electrons. The summed E-state index contributed by atoms with van der Waals surface area (Å²) in [4.78, 5) is 34.1. The molecule has 1 aromatic carbocycles. The van der Waals surface area contributed by atoms with Gasteiger partial charge in [-0.3, -0.25) is 10.1 Å². The Morgan fingerprint density at radius 3 is 2.63 bits per heavy atom. The lowest BCUT2D eigenvalue weighted by atomic mass is 10.1. The normalized spacial score (nSPS) is 10.3. The number of nitrogens with one attached hydrogen (secondary N) is 1. The molecule has 0 fully saturated rings. The highest BCUT2D eigenvalue weighted by Crippen LogP contribution is 2.26. The Labute approximate surface area is 154 Å². The van der Waals surface area contributed by atoms with Crippen LogP contribution in [0.15, 0.2) is 34.7 Å². The summed E-state index contributed by atoms with van der Waals surface area (Å²) in [5, 5.41) is 14.1. The second kappa shape index (κ2) is 9.34. The largest absolute Gasteiger partial charge is 0.463 e. The minimum Gasteiger partial charge on any atom is -0.463 e. The van der Waals surface area contributed by atoms with Crippen molar-refractivity contribution in [3.8, 4) is 0 Å². The van der Waals surface area contributed by atoms with Gasteiger partial charge in [0.15, 0.2) is 0 Å². The Morgan fingerprint density at radius 2 is 1.96 bits per heavy atom. The van der Waals surface area contributed by atoms with Gasteiger partial charge in [-0.05, 0) is 24.3 Å². The molecule has 2 aromatic rings. The first-order valence-corrected chi connectivity index (χ1v) is 7.81. The second-order valence-corrected chi connectivity index (χ2v) is 5.24. The maximum Gasteiger partial charge on any atom is 0.373 e. The van der Waals surface area contributed by atoms with Crippen LogP contribution in [0.25, 0.3) is 0 Å². The first-order chi connectivity index (χ1) is 13.0. The Balaban J connectivity index is 2.05. The maximum atomic E-state index is 12.1. The van der Waals surface area contributed by atoms with E-state index in [-0.39, 0.29) is 35.1 Å². The average molecular weight is 378 g/mol. The number of furan rings is 1. The topological polar surface area (TPSA) is 130 Å². The summed E-state index contributed by atoms with van der Waals surface area (Å²) in [5.74, 6) is -1.21. The lowest BCUT2D eigenvalue weighted by Crippen LogP contribution is -2.10. The molecule has 10 nitrogen and oxygen atoms in total. The van der Waals surface area contributed by atoms with Gasteiger partial charge >= 0.3 is 11.9 Å². The molecule has 0 saturated heterocycles. The van der Waals surface area contributed by atoms with E-state index in [9.17, 15) is 19.7 Å². The molecule has 27 heavy (non-hydrogen) atoms. The lowest BCUT2D eigenvalue weighted by Gasteiger charge is -2.08. The predicted molar refractivity (Wildman–Crippen MR) is 92.6 cm³/mol. The summed E-state index contributed by atoms with van der Waals surface area (Å²) in [6.45, 7) is 0.511. The zero-order valence-corrected chi connectivity index (χ0v) is 14.7. The van der Waals surface area contributed by atoms with Crippen LogP contribution in [-0.4, -0.2) is 44.2 Å². The second-order valence-electron chi connectivity index (χ2n) is 5.24. The third-order valence-corrected chi connectivity index (χ3v) is 3.45. The smallest absolute Gasteiger partial charge is 0.373 e. The van der Waals surface area contributed by atoms with Crippen molar-refractivity contribution in [3.63, 3.8) is 0 Å². The van der Waals surface area contributed by atoms with Crippen LogP contribution in [0.2, 0.25) is 0 Å². The Bertz CT molecular complexity index is 830. The number of nitro benzene ring substituents is 1. The molecular formula is C17H18N2O8. The van der Waals surface area contributed by atoms with Crippen molar-refractivity contribution in [2.75, 3.05) is 32.7 Å². The molecule has 0 spiro atoms. The van der Waals surface area contributed by atoms with Gasteiger partial charge in [-0.25, -0.2) is 9.59 Å². The third-order valence-electron chi connectivity index (χ3n) is 3.45. The van der Waals surface area contributed by atoms with Crippen LogP contribution < -0.4 is 5.32 Å². The molecule has 1 N–H and O–H groups in total. The third kappa shape index (κ3) is 5.28. The van der Waals surface area contributed by atoms with E-state index in [1.54, 1.807) is 0 Å². The fourth-order valence-corrected chi connectivity index (χ4v) is 2.13. The molecule has 0 unspecified atom stereocenters. The van der Waals surface area contributed by atoms with E-state index in [1.165, 1.54) is 38.5 Å². The van der Waals surface area contributed by atoms with Gasteiger partial charge < -0.3 is 23.9 Å². The number of nitro groups is 1.